The lowest BCUT2D eigenvalue weighted by molar-refractivity contribution is -0.0727. The molecule has 1 fully saturated rings. The maximum Gasteiger partial charge on any atom is 0.252 e. The third-order valence-corrected chi connectivity index (χ3v) is 13.2. The monoisotopic (exact) mass is 655 g/mol. The molecule has 8 nitrogen and oxygen atoms in total. The number of aliphatic hydroxyl groups is 2. The largest absolute Gasteiger partial charge is 0.461 e. The van der Waals surface area contributed by atoms with Crippen molar-refractivity contribution < 1.29 is 32.6 Å². The summed E-state index contributed by atoms with van der Waals surface area (Å²) in [5, 5.41) is 25.3. The predicted octanol–water partition coefficient (Wildman–Crippen LogP) is 6.34. The second kappa shape index (κ2) is 14.0. The molecule has 0 unspecified atom stereocenters. The first kappa shape index (κ1) is 33.8. The lowest BCUT2D eigenvalue weighted by Gasteiger charge is -2.46. The van der Waals surface area contributed by atoms with Crippen molar-refractivity contribution in [1.82, 2.24) is 4.31 Å². The highest BCUT2D eigenvalue weighted by Crippen LogP contribution is 2.59. The minimum Gasteiger partial charge on any atom is -0.461 e. The number of fused-ring (bicyclic) bond motifs is 8. The average molecular weight is 656 g/mol. The molecular formula is C35H45NO7S2. The second-order valence-corrected chi connectivity index (χ2v) is 16.0. The van der Waals surface area contributed by atoms with E-state index >= 15 is 0 Å². The molecule has 45 heavy (non-hydrogen) atoms. The van der Waals surface area contributed by atoms with Crippen LogP contribution in [0.25, 0.3) is 0 Å². The Hall–Kier alpha value is -2.60. The van der Waals surface area contributed by atoms with Gasteiger partial charge in [-0.25, -0.2) is 8.42 Å². The molecule has 3 aromatic rings. The number of carbonyl (C=O) groups excluding carboxylic acids is 1. The van der Waals surface area contributed by atoms with Gasteiger partial charge in [0.2, 0.25) is 5.78 Å². The van der Waals surface area contributed by atoms with E-state index in [-0.39, 0.29) is 34.8 Å². The van der Waals surface area contributed by atoms with Crippen molar-refractivity contribution >= 4 is 27.1 Å². The van der Waals surface area contributed by atoms with Crippen LogP contribution >= 0.6 is 11.3 Å². The van der Waals surface area contributed by atoms with E-state index in [0.717, 1.165) is 17.5 Å². The number of ketones is 1. The fourth-order valence-corrected chi connectivity index (χ4v) is 9.91. The normalized spacial score (nSPS) is 26.0. The molecule has 0 saturated heterocycles. The Morgan fingerprint density at radius 3 is 2.71 bits per heavy atom. The minimum atomic E-state index is -3.86. The third kappa shape index (κ3) is 7.06. The Morgan fingerprint density at radius 2 is 2.00 bits per heavy atom. The maximum atomic E-state index is 13.9. The van der Waals surface area contributed by atoms with Crippen LogP contribution in [-0.2, 0) is 21.2 Å². The van der Waals surface area contributed by atoms with Crippen LogP contribution < -0.4 is 0 Å². The first-order valence-electron chi connectivity index (χ1n) is 15.8. The number of furan rings is 1. The highest BCUT2D eigenvalue weighted by atomic mass is 32.2. The van der Waals surface area contributed by atoms with E-state index in [4.69, 9.17) is 9.15 Å². The zero-order chi connectivity index (χ0) is 32.2. The van der Waals surface area contributed by atoms with Gasteiger partial charge in [-0.15, -0.1) is 11.3 Å². The number of nitrogens with zero attached hydrogens (tertiary/aromatic N) is 1. The summed E-state index contributed by atoms with van der Waals surface area (Å²) < 4.78 is 40.2. The lowest BCUT2D eigenvalue weighted by atomic mass is 9.65. The van der Waals surface area contributed by atoms with Gasteiger partial charge in [-0.2, -0.15) is 4.31 Å². The Morgan fingerprint density at radius 1 is 1.18 bits per heavy atom. The molecule has 3 aliphatic rings. The van der Waals surface area contributed by atoms with Gasteiger partial charge in [0.1, 0.15) is 4.21 Å². The lowest BCUT2D eigenvalue weighted by Crippen LogP contribution is -2.54. The quantitative estimate of drug-likeness (QED) is 0.149. The van der Waals surface area contributed by atoms with E-state index in [2.05, 4.69) is 19.9 Å². The number of benzene rings is 1. The summed E-state index contributed by atoms with van der Waals surface area (Å²) in [5.74, 6) is -0.235. The van der Waals surface area contributed by atoms with Crippen LogP contribution in [0.2, 0.25) is 0 Å². The Labute approximate surface area is 270 Å². The topological polar surface area (TPSA) is 117 Å². The van der Waals surface area contributed by atoms with Crippen LogP contribution in [0.5, 0.6) is 0 Å². The van der Waals surface area contributed by atoms with Crippen molar-refractivity contribution in [2.75, 3.05) is 26.8 Å². The summed E-state index contributed by atoms with van der Waals surface area (Å²) in [6, 6.07) is 12.5. The van der Waals surface area contributed by atoms with E-state index in [0.29, 0.717) is 57.1 Å². The standard InChI is InChI=1S/C35H45NO7S2/c1-25-8-4-16-34(2)30(15-17-35(34,39)24-36(18-7-19-42-3)45(40,41)32-10-6-21-44-32)28-14-12-26(22-27(37)13-11-25)23-29(28)33(38)31-9-5-20-43-31/h5-6,8-10,12,14,20-21,23,27,30,37,39H,4,7,11,13,15-19,22,24H2,1-3H3/t27-,30-,34-,35+/m0/s1. The summed E-state index contributed by atoms with van der Waals surface area (Å²) in [6.45, 7) is 4.69. The molecule has 10 heteroatoms. The SMILES string of the molecule is COCCCN(C[C@]1(O)CC[C@H]2c3ccc(cc3C(=O)c3ccco3)C[C@@H](O)CCC(C)=CCC[C@@]21C)S(=O)(=O)c1cccs1. The van der Waals surface area contributed by atoms with Gasteiger partial charge in [0.15, 0.2) is 5.76 Å². The number of sulfonamides is 1. The van der Waals surface area contributed by atoms with Crippen molar-refractivity contribution in [3.05, 3.63) is 88.2 Å². The first-order chi connectivity index (χ1) is 21.5. The van der Waals surface area contributed by atoms with Crippen molar-refractivity contribution in [3.63, 3.8) is 0 Å². The summed E-state index contributed by atoms with van der Waals surface area (Å²) in [4.78, 5) is 13.9. The van der Waals surface area contributed by atoms with Gasteiger partial charge >= 0.3 is 0 Å². The van der Waals surface area contributed by atoms with Crippen molar-refractivity contribution in [1.29, 1.82) is 0 Å². The summed E-state index contributed by atoms with van der Waals surface area (Å²) in [7, 11) is -2.27. The number of rotatable bonds is 10. The molecule has 6 rings (SSSR count). The van der Waals surface area contributed by atoms with Crippen LogP contribution in [-0.4, -0.2) is 67.2 Å². The molecule has 1 aromatic carbocycles. The highest BCUT2D eigenvalue weighted by Gasteiger charge is 2.58. The highest BCUT2D eigenvalue weighted by molar-refractivity contribution is 7.91. The summed E-state index contributed by atoms with van der Waals surface area (Å²) in [5.41, 5.74) is 1.23. The molecule has 0 aliphatic heterocycles. The zero-order valence-electron chi connectivity index (χ0n) is 26.4. The number of thiophene rings is 1. The minimum absolute atomic E-state index is 0.0572. The van der Waals surface area contributed by atoms with E-state index < -0.39 is 27.1 Å². The molecule has 0 radical (unpaired) electrons. The molecule has 0 amide bonds. The van der Waals surface area contributed by atoms with Crippen LogP contribution in [0.1, 0.15) is 92.0 Å². The van der Waals surface area contributed by atoms with Gasteiger partial charge in [-0.1, -0.05) is 36.8 Å². The number of aliphatic hydroxyl groups excluding tert-OH is 1. The number of ether oxygens (including phenoxy) is 1. The third-order valence-electron chi connectivity index (χ3n) is 9.94. The molecule has 4 atom stereocenters. The molecule has 2 N–H and O–H groups in total. The van der Waals surface area contributed by atoms with Crippen molar-refractivity contribution in [2.45, 2.75) is 87.0 Å². The van der Waals surface area contributed by atoms with E-state index in [1.807, 2.05) is 18.2 Å². The maximum absolute atomic E-state index is 13.9. The number of hydrogen-bond acceptors (Lipinski definition) is 8. The first-order valence-corrected chi connectivity index (χ1v) is 18.1. The molecule has 2 bridgehead atoms. The van der Waals surface area contributed by atoms with E-state index in [1.165, 1.54) is 27.5 Å². The van der Waals surface area contributed by atoms with Gasteiger partial charge in [0.25, 0.3) is 10.0 Å². The number of hydrogen-bond donors (Lipinski definition) is 2. The summed E-state index contributed by atoms with van der Waals surface area (Å²) >= 11 is 1.17. The molecule has 1 saturated carbocycles. The smallest absolute Gasteiger partial charge is 0.252 e. The van der Waals surface area contributed by atoms with Gasteiger partial charge < -0.3 is 19.4 Å². The summed E-state index contributed by atoms with van der Waals surface area (Å²) in [6.07, 6.45) is 7.62. The Balaban J connectivity index is 1.60. The van der Waals surface area contributed by atoms with Crippen LogP contribution in [0.3, 0.4) is 0 Å². The molecule has 244 valence electrons. The van der Waals surface area contributed by atoms with Crippen molar-refractivity contribution in [2.24, 2.45) is 5.41 Å². The van der Waals surface area contributed by atoms with Gasteiger partial charge in [0, 0.05) is 37.8 Å². The van der Waals surface area contributed by atoms with Crippen molar-refractivity contribution in [3.8, 4) is 0 Å². The molecule has 2 aromatic heterocycles. The Bertz CT molecular complexity index is 1580. The van der Waals surface area contributed by atoms with Crippen LogP contribution in [0.15, 0.2) is 74.4 Å². The van der Waals surface area contributed by atoms with Gasteiger partial charge in [-0.05, 0) is 105 Å². The molecular weight excluding hydrogens is 611 g/mol. The fraction of sp³-hybridized carbons (Fsp3) is 0.514. The van der Waals surface area contributed by atoms with Gasteiger partial charge in [0.05, 0.1) is 18.0 Å². The predicted molar refractivity (Wildman–Crippen MR) is 175 cm³/mol. The number of allylic oxidation sites excluding steroid dienone is 2. The second-order valence-electron chi connectivity index (χ2n) is 12.9. The van der Waals surface area contributed by atoms with Crippen LogP contribution in [0.4, 0.5) is 0 Å². The van der Waals surface area contributed by atoms with Gasteiger partial charge in [-0.3, -0.25) is 4.79 Å². The Kier molecular flexibility index (Phi) is 10.5. The molecule has 3 aliphatic carbocycles. The molecule has 0 spiro atoms. The zero-order valence-corrected chi connectivity index (χ0v) is 28.0. The number of carbonyl (C=O) groups is 1. The average Bonchev–Trinajstić information content (AvgIpc) is 3.79. The fourth-order valence-electron chi connectivity index (χ4n) is 7.24. The molecule has 2 heterocycles. The van der Waals surface area contributed by atoms with E-state index in [1.54, 1.807) is 36.8 Å². The number of methoxy groups -OCH3 is 1. The van der Waals surface area contributed by atoms with E-state index in [9.17, 15) is 23.4 Å². The van der Waals surface area contributed by atoms with Crippen LogP contribution in [0, 0.1) is 5.41 Å².